The van der Waals surface area contributed by atoms with E-state index in [0.29, 0.717) is 5.57 Å². The fourth-order valence-electron chi connectivity index (χ4n) is 0.382. The van der Waals surface area contributed by atoms with Gasteiger partial charge in [-0.15, -0.1) is 0 Å². The van der Waals surface area contributed by atoms with Gasteiger partial charge in [0.05, 0.1) is 0 Å². The number of carbonyl (C=O) groups excluding carboxylic acids is 1. The van der Waals surface area contributed by atoms with E-state index in [1.165, 1.54) is 0 Å². The Labute approximate surface area is 60.5 Å². The number of thiol groups is 1. The van der Waals surface area contributed by atoms with Gasteiger partial charge in [-0.1, -0.05) is 6.08 Å². The molecule has 1 amide bonds. The van der Waals surface area contributed by atoms with Crippen molar-refractivity contribution in [3.8, 4) is 0 Å². The SMILES string of the molecule is C/C(=C\CCS)C(N)=O. The second-order valence-electron chi connectivity index (χ2n) is 1.76. The lowest BCUT2D eigenvalue weighted by atomic mass is 10.2. The van der Waals surface area contributed by atoms with Gasteiger partial charge in [0, 0.05) is 5.57 Å². The maximum Gasteiger partial charge on any atom is 0.244 e. The van der Waals surface area contributed by atoms with Crippen molar-refractivity contribution in [1.29, 1.82) is 0 Å². The van der Waals surface area contributed by atoms with Crippen molar-refractivity contribution in [3.63, 3.8) is 0 Å². The highest BCUT2D eigenvalue weighted by atomic mass is 32.1. The number of hydrogen-bond acceptors (Lipinski definition) is 2. The lowest BCUT2D eigenvalue weighted by Gasteiger charge is -1.90. The van der Waals surface area contributed by atoms with Gasteiger partial charge in [0.2, 0.25) is 5.91 Å². The van der Waals surface area contributed by atoms with Crippen LogP contribution in [0, 0.1) is 0 Å². The highest BCUT2D eigenvalue weighted by molar-refractivity contribution is 7.80. The predicted octanol–water partition coefficient (Wildman–Crippen LogP) is 0.738. The van der Waals surface area contributed by atoms with Crippen LogP contribution in [-0.4, -0.2) is 11.7 Å². The largest absolute Gasteiger partial charge is 0.366 e. The van der Waals surface area contributed by atoms with Gasteiger partial charge < -0.3 is 5.73 Å². The molecule has 0 aliphatic rings. The van der Waals surface area contributed by atoms with E-state index >= 15 is 0 Å². The minimum absolute atomic E-state index is 0.350. The van der Waals surface area contributed by atoms with Crippen LogP contribution >= 0.6 is 12.6 Å². The van der Waals surface area contributed by atoms with Crippen molar-refractivity contribution in [1.82, 2.24) is 0 Å². The smallest absolute Gasteiger partial charge is 0.244 e. The zero-order chi connectivity index (χ0) is 7.28. The van der Waals surface area contributed by atoms with Crippen LogP contribution in [0.2, 0.25) is 0 Å². The number of primary amides is 1. The number of carbonyl (C=O) groups is 1. The Morgan fingerprint density at radius 1 is 1.78 bits per heavy atom. The maximum absolute atomic E-state index is 10.3. The van der Waals surface area contributed by atoms with Crippen LogP contribution in [0.25, 0.3) is 0 Å². The monoisotopic (exact) mass is 145 g/mol. The molecule has 0 aliphatic carbocycles. The zero-order valence-corrected chi connectivity index (χ0v) is 6.32. The minimum atomic E-state index is -0.350. The fraction of sp³-hybridized carbons (Fsp3) is 0.500. The van der Waals surface area contributed by atoms with Gasteiger partial charge in [-0.05, 0) is 19.1 Å². The summed E-state index contributed by atoms with van der Waals surface area (Å²) < 4.78 is 0. The molecule has 0 aromatic rings. The van der Waals surface area contributed by atoms with Gasteiger partial charge in [-0.3, -0.25) is 4.79 Å². The van der Waals surface area contributed by atoms with Gasteiger partial charge in [0.25, 0.3) is 0 Å². The van der Waals surface area contributed by atoms with Crippen molar-refractivity contribution >= 4 is 18.5 Å². The van der Waals surface area contributed by atoms with Crippen LogP contribution in [0.3, 0.4) is 0 Å². The molecule has 0 bridgehead atoms. The summed E-state index contributed by atoms with van der Waals surface area (Å²) in [5.41, 5.74) is 5.56. The topological polar surface area (TPSA) is 43.1 Å². The summed E-state index contributed by atoms with van der Waals surface area (Å²) in [4.78, 5) is 10.3. The van der Waals surface area contributed by atoms with Crippen LogP contribution in [0.5, 0.6) is 0 Å². The third-order valence-electron chi connectivity index (χ3n) is 0.968. The van der Waals surface area contributed by atoms with E-state index in [1.807, 2.05) is 0 Å². The Hall–Kier alpha value is -0.440. The third-order valence-corrected chi connectivity index (χ3v) is 1.23. The van der Waals surface area contributed by atoms with Crippen molar-refractivity contribution in [2.45, 2.75) is 13.3 Å². The summed E-state index contributed by atoms with van der Waals surface area (Å²) in [5.74, 6) is 0.404. The molecule has 0 rings (SSSR count). The number of nitrogens with two attached hydrogens (primary N) is 1. The molecule has 0 aromatic carbocycles. The summed E-state index contributed by atoms with van der Waals surface area (Å²) in [6, 6.07) is 0. The van der Waals surface area contributed by atoms with Crippen molar-refractivity contribution in [2.75, 3.05) is 5.75 Å². The Morgan fingerprint density at radius 2 is 2.33 bits per heavy atom. The van der Waals surface area contributed by atoms with E-state index in [-0.39, 0.29) is 5.91 Å². The molecule has 0 aromatic heterocycles. The molecule has 0 unspecified atom stereocenters. The molecular formula is C6H11NOS. The highest BCUT2D eigenvalue weighted by Crippen LogP contribution is 1.94. The van der Waals surface area contributed by atoms with Crippen LogP contribution in [0.1, 0.15) is 13.3 Å². The molecule has 0 heterocycles. The first-order chi connectivity index (χ1) is 4.18. The highest BCUT2D eigenvalue weighted by Gasteiger charge is 1.93. The van der Waals surface area contributed by atoms with E-state index in [4.69, 9.17) is 5.73 Å². The van der Waals surface area contributed by atoms with Crippen LogP contribution in [0.4, 0.5) is 0 Å². The molecule has 0 saturated carbocycles. The van der Waals surface area contributed by atoms with Crippen molar-refractivity contribution in [3.05, 3.63) is 11.6 Å². The normalized spacial score (nSPS) is 11.6. The Morgan fingerprint density at radius 3 is 2.67 bits per heavy atom. The Kier molecular flexibility index (Phi) is 4.22. The first kappa shape index (κ1) is 8.56. The first-order valence-corrected chi connectivity index (χ1v) is 3.39. The number of allylic oxidation sites excluding steroid dienone is 1. The summed E-state index contributed by atoms with van der Waals surface area (Å²) in [5, 5.41) is 0. The average Bonchev–Trinajstić information content (AvgIpc) is 1.82. The van der Waals surface area contributed by atoms with Crippen LogP contribution in [0.15, 0.2) is 11.6 Å². The van der Waals surface area contributed by atoms with Gasteiger partial charge in [0.1, 0.15) is 0 Å². The molecule has 9 heavy (non-hydrogen) atoms. The summed E-state index contributed by atoms with van der Waals surface area (Å²) in [6.07, 6.45) is 2.59. The quantitative estimate of drug-likeness (QED) is 0.446. The van der Waals surface area contributed by atoms with E-state index in [1.54, 1.807) is 13.0 Å². The molecule has 0 aliphatic heterocycles. The van der Waals surface area contributed by atoms with E-state index < -0.39 is 0 Å². The molecule has 52 valence electrons. The summed E-state index contributed by atoms with van der Waals surface area (Å²) in [7, 11) is 0. The second-order valence-corrected chi connectivity index (χ2v) is 2.21. The van der Waals surface area contributed by atoms with E-state index in [9.17, 15) is 4.79 Å². The van der Waals surface area contributed by atoms with E-state index in [0.717, 1.165) is 12.2 Å². The molecule has 2 N–H and O–H groups in total. The van der Waals surface area contributed by atoms with Crippen LogP contribution in [-0.2, 0) is 4.79 Å². The Balaban J connectivity index is 3.69. The molecule has 0 fully saturated rings. The molecular weight excluding hydrogens is 134 g/mol. The summed E-state index contributed by atoms with van der Waals surface area (Å²) >= 11 is 3.97. The standard InChI is InChI=1S/C6H11NOS/c1-5(6(7)8)3-2-4-9/h3,9H,2,4H2,1H3,(H2,7,8)/b5-3+. The predicted molar refractivity (Wildman–Crippen MR) is 41.4 cm³/mol. The van der Waals surface area contributed by atoms with Crippen LogP contribution < -0.4 is 5.73 Å². The molecule has 0 atom stereocenters. The Bertz CT molecular complexity index is 131. The van der Waals surface area contributed by atoms with Gasteiger partial charge >= 0.3 is 0 Å². The number of amides is 1. The third kappa shape index (κ3) is 4.09. The fourth-order valence-corrected chi connectivity index (χ4v) is 0.511. The number of hydrogen-bond donors (Lipinski definition) is 2. The summed E-state index contributed by atoms with van der Waals surface area (Å²) in [6.45, 7) is 1.70. The molecule has 2 nitrogen and oxygen atoms in total. The minimum Gasteiger partial charge on any atom is -0.366 e. The van der Waals surface area contributed by atoms with Gasteiger partial charge in [-0.2, -0.15) is 12.6 Å². The second kappa shape index (κ2) is 4.44. The zero-order valence-electron chi connectivity index (χ0n) is 5.42. The van der Waals surface area contributed by atoms with Crippen molar-refractivity contribution in [2.24, 2.45) is 5.73 Å². The van der Waals surface area contributed by atoms with Gasteiger partial charge in [-0.25, -0.2) is 0 Å². The first-order valence-electron chi connectivity index (χ1n) is 2.76. The van der Waals surface area contributed by atoms with E-state index in [2.05, 4.69) is 12.6 Å². The van der Waals surface area contributed by atoms with Crippen molar-refractivity contribution < 1.29 is 4.79 Å². The number of rotatable bonds is 3. The average molecular weight is 145 g/mol. The maximum atomic E-state index is 10.3. The molecule has 0 saturated heterocycles. The lowest BCUT2D eigenvalue weighted by Crippen LogP contribution is -2.11. The van der Waals surface area contributed by atoms with Gasteiger partial charge in [0.15, 0.2) is 0 Å². The lowest BCUT2D eigenvalue weighted by molar-refractivity contribution is -0.114. The molecule has 0 spiro atoms. The molecule has 0 radical (unpaired) electrons. The molecule has 3 heteroatoms.